The maximum atomic E-state index is 12.3. The number of nitrogens with zero attached hydrogens (tertiary/aromatic N) is 1. The van der Waals surface area contributed by atoms with Crippen LogP contribution in [0.1, 0.15) is 41.8 Å². The predicted molar refractivity (Wildman–Crippen MR) is 110 cm³/mol. The lowest BCUT2D eigenvalue weighted by Crippen LogP contribution is -2.32. The summed E-state index contributed by atoms with van der Waals surface area (Å²) < 4.78 is 4.93. The third-order valence-corrected chi connectivity index (χ3v) is 4.28. The predicted octanol–water partition coefficient (Wildman–Crippen LogP) is 3.86. The summed E-state index contributed by atoms with van der Waals surface area (Å²) in [6.07, 6.45) is 0.159. The quantitative estimate of drug-likeness (QED) is 0.738. The van der Waals surface area contributed by atoms with E-state index in [1.54, 1.807) is 36.1 Å². The third kappa shape index (κ3) is 5.67. The van der Waals surface area contributed by atoms with Gasteiger partial charge in [-0.15, -0.1) is 0 Å². The molecular weight excluding hydrogens is 356 g/mol. The van der Waals surface area contributed by atoms with Crippen LogP contribution in [-0.4, -0.2) is 30.9 Å². The standard InChI is InChI=1S/C22H26N2O4/c1-5-28-22(27)18-8-10-19(11-9-18)23-21(26)12-13-24(17(4)25)20-14-15(2)6-7-16(20)3/h6-11,14H,5,12-13H2,1-4H3,(H,23,26). The Kier molecular flexibility index (Phi) is 7.32. The molecule has 6 heteroatoms. The fraction of sp³-hybridized carbons (Fsp3) is 0.318. The number of ether oxygens (including phenoxy) is 1. The van der Waals surface area contributed by atoms with E-state index in [1.165, 1.54) is 6.92 Å². The summed E-state index contributed by atoms with van der Waals surface area (Å²) in [6.45, 7) is 7.74. The molecule has 0 bridgehead atoms. The molecule has 0 spiro atoms. The second kappa shape index (κ2) is 9.69. The van der Waals surface area contributed by atoms with Crippen LogP contribution in [0.4, 0.5) is 11.4 Å². The van der Waals surface area contributed by atoms with Gasteiger partial charge in [0.2, 0.25) is 11.8 Å². The average molecular weight is 382 g/mol. The van der Waals surface area contributed by atoms with Crippen LogP contribution in [0.15, 0.2) is 42.5 Å². The average Bonchev–Trinajstić information content (AvgIpc) is 2.65. The molecule has 148 valence electrons. The van der Waals surface area contributed by atoms with Crippen molar-refractivity contribution in [3.8, 4) is 0 Å². The molecule has 2 amide bonds. The Morgan fingerprint density at radius 1 is 1.04 bits per heavy atom. The van der Waals surface area contributed by atoms with Crippen LogP contribution in [0.3, 0.4) is 0 Å². The van der Waals surface area contributed by atoms with Crippen molar-refractivity contribution in [1.82, 2.24) is 0 Å². The van der Waals surface area contributed by atoms with Crippen LogP contribution in [-0.2, 0) is 14.3 Å². The van der Waals surface area contributed by atoms with Gasteiger partial charge in [-0.2, -0.15) is 0 Å². The summed E-state index contributed by atoms with van der Waals surface area (Å²) in [5, 5.41) is 2.78. The van der Waals surface area contributed by atoms with Crippen LogP contribution in [0.25, 0.3) is 0 Å². The highest BCUT2D eigenvalue weighted by molar-refractivity contribution is 5.96. The minimum absolute atomic E-state index is 0.111. The summed E-state index contributed by atoms with van der Waals surface area (Å²) in [5.74, 6) is -0.716. The number of carbonyl (C=O) groups excluding carboxylic acids is 3. The minimum Gasteiger partial charge on any atom is -0.462 e. The lowest BCUT2D eigenvalue weighted by atomic mass is 10.1. The molecule has 0 radical (unpaired) electrons. The first kappa shape index (κ1) is 21.2. The zero-order valence-corrected chi connectivity index (χ0v) is 16.7. The van der Waals surface area contributed by atoms with Gasteiger partial charge in [0, 0.05) is 31.3 Å². The van der Waals surface area contributed by atoms with Gasteiger partial charge >= 0.3 is 5.97 Å². The van der Waals surface area contributed by atoms with Crippen LogP contribution in [0.2, 0.25) is 0 Å². The molecule has 0 fully saturated rings. The lowest BCUT2D eigenvalue weighted by molar-refractivity contribution is -0.117. The summed E-state index contributed by atoms with van der Waals surface area (Å²) in [4.78, 5) is 37.7. The van der Waals surface area contributed by atoms with Crippen molar-refractivity contribution in [2.75, 3.05) is 23.4 Å². The van der Waals surface area contributed by atoms with Gasteiger partial charge in [-0.3, -0.25) is 9.59 Å². The Morgan fingerprint density at radius 3 is 2.32 bits per heavy atom. The second-order valence-electron chi connectivity index (χ2n) is 6.56. The SMILES string of the molecule is CCOC(=O)c1ccc(NC(=O)CCN(C(C)=O)c2cc(C)ccc2C)cc1. The van der Waals surface area contributed by atoms with Gasteiger partial charge in [0.05, 0.1) is 12.2 Å². The van der Waals surface area contributed by atoms with Gasteiger partial charge in [-0.25, -0.2) is 4.79 Å². The number of rotatable bonds is 7. The Labute approximate surface area is 165 Å². The first-order valence-corrected chi connectivity index (χ1v) is 9.24. The largest absolute Gasteiger partial charge is 0.462 e. The molecular formula is C22H26N2O4. The topological polar surface area (TPSA) is 75.7 Å². The molecule has 0 atom stereocenters. The zero-order chi connectivity index (χ0) is 20.7. The highest BCUT2D eigenvalue weighted by Gasteiger charge is 2.16. The molecule has 0 saturated heterocycles. The van der Waals surface area contributed by atoms with Gasteiger partial charge < -0.3 is 15.0 Å². The lowest BCUT2D eigenvalue weighted by Gasteiger charge is -2.23. The smallest absolute Gasteiger partial charge is 0.338 e. The Balaban J connectivity index is 1.99. The maximum absolute atomic E-state index is 12.3. The number of aryl methyl sites for hydroxylation is 2. The van der Waals surface area contributed by atoms with Crippen molar-refractivity contribution in [3.63, 3.8) is 0 Å². The van der Waals surface area contributed by atoms with Crippen molar-refractivity contribution >= 4 is 29.2 Å². The van der Waals surface area contributed by atoms with E-state index in [0.29, 0.717) is 17.9 Å². The molecule has 0 aliphatic carbocycles. The Hall–Kier alpha value is -3.15. The molecule has 2 aromatic carbocycles. The van der Waals surface area contributed by atoms with Crippen molar-refractivity contribution in [2.45, 2.75) is 34.1 Å². The molecule has 1 N–H and O–H groups in total. The van der Waals surface area contributed by atoms with E-state index in [0.717, 1.165) is 16.8 Å². The summed E-state index contributed by atoms with van der Waals surface area (Å²) >= 11 is 0. The third-order valence-electron chi connectivity index (χ3n) is 4.28. The van der Waals surface area contributed by atoms with Crippen molar-refractivity contribution in [2.24, 2.45) is 0 Å². The van der Waals surface area contributed by atoms with Crippen molar-refractivity contribution in [3.05, 3.63) is 59.2 Å². The normalized spacial score (nSPS) is 10.3. The number of benzene rings is 2. The monoisotopic (exact) mass is 382 g/mol. The van der Waals surface area contributed by atoms with Gasteiger partial charge in [-0.05, 0) is 62.2 Å². The Morgan fingerprint density at radius 2 is 1.71 bits per heavy atom. The summed E-state index contributed by atoms with van der Waals surface area (Å²) in [5.41, 5.74) is 3.87. The molecule has 0 unspecified atom stereocenters. The van der Waals surface area contributed by atoms with Gasteiger partial charge in [-0.1, -0.05) is 12.1 Å². The van der Waals surface area contributed by atoms with Gasteiger partial charge in [0.1, 0.15) is 0 Å². The fourth-order valence-electron chi connectivity index (χ4n) is 2.80. The van der Waals surface area contributed by atoms with Gasteiger partial charge in [0.25, 0.3) is 0 Å². The molecule has 0 saturated carbocycles. The zero-order valence-electron chi connectivity index (χ0n) is 16.7. The van der Waals surface area contributed by atoms with E-state index in [9.17, 15) is 14.4 Å². The molecule has 6 nitrogen and oxygen atoms in total. The van der Waals surface area contributed by atoms with E-state index < -0.39 is 5.97 Å². The molecule has 2 rings (SSSR count). The number of nitrogens with one attached hydrogen (secondary N) is 1. The highest BCUT2D eigenvalue weighted by Crippen LogP contribution is 2.22. The van der Waals surface area contributed by atoms with Crippen molar-refractivity contribution < 1.29 is 19.1 Å². The molecule has 0 aromatic heterocycles. The fourth-order valence-corrected chi connectivity index (χ4v) is 2.80. The van der Waals surface area contributed by atoms with Crippen LogP contribution < -0.4 is 10.2 Å². The minimum atomic E-state index is -0.397. The maximum Gasteiger partial charge on any atom is 0.338 e. The first-order valence-electron chi connectivity index (χ1n) is 9.24. The molecule has 28 heavy (non-hydrogen) atoms. The number of anilines is 2. The number of hydrogen-bond donors (Lipinski definition) is 1. The first-order chi connectivity index (χ1) is 13.3. The number of amides is 2. The van der Waals surface area contributed by atoms with Crippen LogP contribution in [0, 0.1) is 13.8 Å². The van der Waals surface area contributed by atoms with E-state index in [4.69, 9.17) is 4.74 Å². The van der Waals surface area contributed by atoms with E-state index in [2.05, 4.69) is 5.32 Å². The molecule has 2 aromatic rings. The Bertz CT molecular complexity index is 859. The van der Waals surface area contributed by atoms with Crippen LogP contribution in [0.5, 0.6) is 0 Å². The second-order valence-corrected chi connectivity index (χ2v) is 6.56. The molecule has 0 aliphatic rings. The summed E-state index contributed by atoms with van der Waals surface area (Å²) in [6, 6.07) is 12.4. The summed E-state index contributed by atoms with van der Waals surface area (Å²) in [7, 11) is 0. The molecule has 0 heterocycles. The van der Waals surface area contributed by atoms with E-state index >= 15 is 0 Å². The van der Waals surface area contributed by atoms with Gasteiger partial charge in [0.15, 0.2) is 0 Å². The molecule has 0 aliphatic heterocycles. The van der Waals surface area contributed by atoms with E-state index in [1.807, 2.05) is 32.0 Å². The van der Waals surface area contributed by atoms with Crippen LogP contribution >= 0.6 is 0 Å². The highest BCUT2D eigenvalue weighted by atomic mass is 16.5. The van der Waals surface area contributed by atoms with Crippen molar-refractivity contribution in [1.29, 1.82) is 0 Å². The van der Waals surface area contributed by atoms with E-state index in [-0.39, 0.29) is 24.8 Å². The number of esters is 1. The number of carbonyl (C=O) groups is 3. The number of hydrogen-bond acceptors (Lipinski definition) is 4.